The average Bonchev–Trinajstić information content (AvgIpc) is 2.22. The number of benzene rings is 1. The van der Waals surface area contributed by atoms with Gasteiger partial charge >= 0.3 is 6.09 Å². The molecule has 1 aromatic rings. The molecule has 1 amide bonds. The van der Waals surface area contributed by atoms with Crippen LogP contribution in [0.1, 0.15) is 0 Å². The molecule has 0 saturated heterocycles. The van der Waals surface area contributed by atoms with Crippen LogP contribution in [0.5, 0.6) is 5.75 Å². The summed E-state index contributed by atoms with van der Waals surface area (Å²) in [7, 11) is 1.65. The zero-order valence-electron chi connectivity index (χ0n) is 8.44. The third kappa shape index (κ3) is 3.89. The summed E-state index contributed by atoms with van der Waals surface area (Å²) in [4.78, 5) is 12.9. The van der Waals surface area contributed by atoms with Gasteiger partial charge in [0.15, 0.2) is 0 Å². The molecule has 0 atom stereocenters. The predicted octanol–water partition coefficient (Wildman–Crippen LogP) is 1.84. The zero-order chi connectivity index (χ0) is 11.3. The Balaban J connectivity index is 2.54. The van der Waals surface area contributed by atoms with Crippen LogP contribution in [0.3, 0.4) is 0 Å². The Morgan fingerprint density at radius 2 is 2.07 bits per heavy atom. The van der Waals surface area contributed by atoms with Crippen molar-refractivity contribution in [3.05, 3.63) is 28.7 Å². The van der Waals surface area contributed by atoms with Crippen LogP contribution in [-0.4, -0.2) is 31.1 Å². The number of likely N-dealkylation sites (N-methyl/N-ethyl adjacent to an activating group) is 1. The fourth-order valence-electron chi connectivity index (χ4n) is 0.966. The number of carbonyl (C=O) groups excluding carboxylic acids is 1. The molecule has 0 aliphatic carbocycles. The van der Waals surface area contributed by atoms with Gasteiger partial charge in [0.2, 0.25) is 0 Å². The topological polar surface area (TPSA) is 55.6 Å². The summed E-state index contributed by atoms with van der Waals surface area (Å²) in [6, 6.07) is 7.06. The maximum atomic E-state index is 11.4. The van der Waals surface area contributed by atoms with E-state index in [1.807, 2.05) is 12.1 Å². The van der Waals surface area contributed by atoms with Crippen LogP contribution in [0.25, 0.3) is 0 Å². The molecule has 82 valence electrons. The van der Waals surface area contributed by atoms with Crippen molar-refractivity contribution in [2.75, 3.05) is 20.1 Å². The molecule has 0 radical (unpaired) electrons. The monoisotopic (exact) mass is 272 g/mol. The minimum absolute atomic E-state index is 0.400. The molecule has 0 aliphatic rings. The summed E-state index contributed by atoms with van der Waals surface area (Å²) in [5.74, 6) is 0.520. The largest absolute Gasteiger partial charge is 0.415 e. The first-order chi connectivity index (χ1) is 7.13. The van der Waals surface area contributed by atoms with Crippen molar-refractivity contribution in [2.24, 2.45) is 5.73 Å². The minimum atomic E-state index is -0.400. The number of amides is 1. The number of hydrogen-bond acceptors (Lipinski definition) is 3. The van der Waals surface area contributed by atoms with Crippen molar-refractivity contribution >= 4 is 22.0 Å². The van der Waals surface area contributed by atoms with Crippen molar-refractivity contribution in [1.29, 1.82) is 0 Å². The number of nitrogens with two attached hydrogens (primary N) is 1. The van der Waals surface area contributed by atoms with E-state index < -0.39 is 6.09 Å². The highest BCUT2D eigenvalue weighted by atomic mass is 79.9. The van der Waals surface area contributed by atoms with Crippen molar-refractivity contribution in [3.63, 3.8) is 0 Å². The first-order valence-corrected chi connectivity index (χ1v) is 5.31. The van der Waals surface area contributed by atoms with E-state index in [1.165, 1.54) is 4.90 Å². The smallest absolute Gasteiger partial charge is 0.410 e. The third-order valence-electron chi connectivity index (χ3n) is 1.79. The van der Waals surface area contributed by atoms with Crippen LogP contribution in [0.4, 0.5) is 4.79 Å². The average molecular weight is 273 g/mol. The van der Waals surface area contributed by atoms with E-state index >= 15 is 0 Å². The van der Waals surface area contributed by atoms with Crippen LogP contribution in [0.15, 0.2) is 28.7 Å². The van der Waals surface area contributed by atoms with Crippen LogP contribution in [0.2, 0.25) is 0 Å². The summed E-state index contributed by atoms with van der Waals surface area (Å²) in [5, 5.41) is 0. The number of halogens is 1. The van der Waals surface area contributed by atoms with Gasteiger partial charge in [-0.05, 0) is 24.3 Å². The maximum absolute atomic E-state index is 11.4. The minimum Gasteiger partial charge on any atom is -0.410 e. The van der Waals surface area contributed by atoms with Gasteiger partial charge in [-0.15, -0.1) is 0 Å². The quantitative estimate of drug-likeness (QED) is 0.914. The van der Waals surface area contributed by atoms with Gasteiger partial charge in [-0.1, -0.05) is 15.9 Å². The molecular formula is C10H13BrN2O2. The van der Waals surface area contributed by atoms with E-state index in [0.717, 1.165) is 4.47 Å². The molecule has 15 heavy (non-hydrogen) atoms. The van der Waals surface area contributed by atoms with Gasteiger partial charge in [0, 0.05) is 24.6 Å². The van der Waals surface area contributed by atoms with Crippen LogP contribution in [-0.2, 0) is 0 Å². The van der Waals surface area contributed by atoms with E-state index in [4.69, 9.17) is 10.5 Å². The van der Waals surface area contributed by atoms with E-state index in [0.29, 0.717) is 18.8 Å². The molecule has 4 nitrogen and oxygen atoms in total. The van der Waals surface area contributed by atoms with Gasteiger partial charge in [0.05, 0.1) is 0 Å². The highest BCUT2D eigenvalue weighted by molar-refractivity contribution is 9.10. The highest BCUT2D eigenvalue weighted by Gasteiger charge is 2.09. The maximum Gasteiger partial charge on any atom is 0.415 e. The summed E-state index contributed by atoms with van der Waals surface area (Å²) in [6.07, 6.45) is -0.400. The molecule has 0 aliphatic heterocycles. The zero-order valence-corrected chi connectivity index (χ0v) is 10.0. The Kier molecular flexibility index (Phi) is 4.58. The molecule has 2 N–H and O–H groups in total. The molecule has 1 rings (SSSR count). The number of ether oxygens (including phenoxy) is 1. The first-order valence-electron chi connectivity index (χ1n) is 4.52. The highest BCUT2D eigenvalue weighted by Crippen LogP contribution is 2.16. The van der Waals surface area contributed by atoms with E-state index in [-0.39, 0.29) is 0 Å². The summed E-state index contributed by atoms with van der Waals surface area (Å²) in [5.41, 5.74) is 5.32. The predicted molar refractivity (Wildman–Crippen MR) is 61.9 cm³/mol. The summed E-state index contributed by atoms with van der Waals surface area (Å²) >= 11 is 3.30. The van der Waals surface area contributed by atoms with Gasteiger partial charge in [0.25, 0.3) is 0 Å². The SMILES string of the molecule is CN(CCN)C(=O)Oc1ccc(Br)cc1. The molecule has 0 spiro atoms. The number of rotatable bonds is 3. The van der Waals surface area contributed by atoms with Crippen molar-refractivity contribution in [1.82, 2.24) is 4.90 Å². The van der Waals surface area contributed by atoms with Gasteiger partial charge in [-0.3, -0.25) is 0 Å². The van der Waals surface area contributed by atoms with E-state index in [2.05, 4.69) is 15.9 Å². The first kappa shape index (κ1) is 12.0. The number of hydrogen-bond donors (Lipinski definition) is 1. The molecule has 5 heteroatoms. The standard InChI is InChI=1S/C10H13BrN2O2/c1-13(7-6-12)10(14)15-9-4-2-8(11)3-5-9/h2-5H,6-7,12H2,1H3. The number of carbonyl (C=O) groups is 1. The van der Waals surface area contributed by atoms with Crippen LogP contribution >= 0.6 is 15.9 Å². The Hall–Kier alpha value is -1.07. The molecular weight excluding hydrogens is 260 g/mol. The molecule has 0 heterocycles. The molecule has 0 saturated carbocycles. The lowest BCUT2D eigenvalue weighted by molar-refractivity contribution is 0.164. The lowest BCUT2D eigenvalue weighted by atomic mass is 10.3. The Morgan fingerprint density at radius 3 is 2.60 bits per heavy atom. The van der Waals surface area contributed by atoms with Gasteiger partial charge < -0.3 is 15.4 Å². The van der Waals surface area contributed by atoms with E-state index in [1.54, 1.807) is 19.2 Å². The lowest BCUT2D eigenvalue weighted by Gasteiger charge is -2.15. The Labute approximate surface area is 97.1 Å². The normalized spacial score (nSPS) is 9.80. The fraction of sp³-hybridized carbons (Fsp3) is 0.300. The fourth-order valence-corrected chi connectivity index (χ4v) is 1.23. The molecule has 0 unspecified atom stereocenters. The van der Waals surface area contributed by atoms with Crippen molar-refractivity contribution in [3.8, 4) is 5.75 Å². The van der Waals surface area contributed by atoms with E-state index in [9.17, 15) is 4.79 Å². The van der Waals surface area contributed by atoms with Crippen molar-refractivity contribution < 1.29 is 9.53 Å². The van der Waals surface area contributed by atoms with Gasteiger partial charge in [-0.25, -0.2) is 4.79 Å². The third-order valence-corrected chi connectivity index (χ3v) is 2.32. The van der Waals surface area contributed by atoms with Crippen molar-refractivity contribution in [2.45, 2.75) is 0 Å². The Morgan fingerprint density at radius 1 is 1.47 bits per heavy atom. The second kappa shape index (κ2) is 5.72. The summed E-state index contributed by atoms with van der Waals surface area (Å²) < 4.78 is 6.04. The lowest BCUT2D eigenvalue weighted by Crippen LogP contribution is -2.33. The summed E-state index contributed by atoms with van der Waals surface area (Å²) in [6.45, 7) is 0.904. The second-order valence-electron chi connectivity index (χ2n) is 3.03. The number of nitrogens with zero attached hydrogens (tertiary/aromatic N) is 1. The molecule has 0 fully saturated rings. The second-order valence-corrected chi connectivity index (χ2v) is 3.95. The van der Waals surface area contributed by atoms with Gasteiger partial charge in [0.1, 0.15) is 5.75 Å². The molecule has 0 aromatic heterocycles. The molecule has 1 aromatic carbocycles. The molecule has 0 bridgehead atoms. The van der Waals surface area contributed by atoms with Crippen LogP contribution in [0, 0.1) is 0 Å². The Bertz CT molecular complexity index is 327. The van der Waals surface area contributed by atoms with Crippen LogP contribution < -0.4 is 10.5 Å². The van der Waals surface area contributed by atoms with Gasteiger partial charge in [-0.2, -0.15) is 0 Å².